The Kier molecular flexibility index (Phi) is 8.55. The van der Waals surface area contributed by atoms with E-state index in [9.17, 15) is 4.79 Å². The van der Waals surface area contributed by atoms with Crippen molar-refractivity contribution in [1.29, 1.82) is 0 Å². The van der Waals surface area contributed by atoms with Crippen LogP contribution in [0.2, 0.25) is 0 Å². The smallest absolute Gasteiger partial charge is 0.250 e. The number of aryl methyl sites for hydroxylation is 1. The van der Waals surface area contributed by atoms with Gasteiger partial charge in [0.2, 0.25) is 5.91 Å². The first-order valence-electron chi connectivity index (χ1n) is 10.00. The molecule has 3 aromatic carbocycles. The molecule has 0 aromatic heterocycles. The van der Waals surface area contributed by atoms with Gasteiger partial charge in [0.15, 0.2) is 11.5 Å². The third kappa shape index (κ3) is 7.50. The first-order valence-corrected chi connectivity index (χ1v) is 11.0. The van der Waals surface area contributed by atoms with E-state index in [2.05, 4.69) is 22.7 Å². The lowest BCUT2D eigenvalue weighted by molar-refractivity contribution is -0.118. The van der Waals surface area contributed by atoms with Crippen molar-refractivity contribution in [3.63, 3.8) is 0 Å². The Hall–Kier alpha value is -3.25. The Morgan fingerprint density at radius 3 is 2.55 bits per heavy atom. The van der Waals surface area contributed by atoms with Gasteiger partial charge in [-0.25, -0.2) is 5.43 Å². The number of rotatable bonds is 10. The normalized spacial score (nSPS) is 10.8. The third-order valence-electron chi connectivity index (χ3n) is 4.47. The number of amides is 1. The van der Waals surface area contributed by atoms with Crippen LogP contribution in [0.4, 0.5) is 0 Å². The third-order valence-corrected chi connectivity index (χ3v) is 5.48. The van der Waals surface area contributed by atoms with Crippen molar-refractivity contribution in [1.82, 2.24) is 5.43 Å². The van der Waals surface area contributed by atoms with E-state index in [1.807, 2.05) is 67.6 Å². The standard InChI is InChI=1S/C25H26N2O3S/c1-19-8-11-22(12-9-19)31-18-25(28)27-26-17-21-10-13-23(24(16-21)29-2)30-15-14-20-6-4-3-5-7-20/h3-13,16-17H,14-15,18H2,1-2H3,(H,27,28)/b26-17+. The van der Waals surface area contributed by atoms with Gasteiger partial charge in [-0.05, 0) is 48.4 Å². The molecule has 5 nitrogen and oxygen atoms in total. The molecular weight excluding hydrogens is 408 g/mol. The molecule has 160 valence electrons. The number of carbonyl (C=O) groups excluding carboxylic acids is 1. The van der Waals surface area contributed by atoms with Gasteiger partial charge in [-0.2, -0.15) is 5.10 Å². The van der Waals surface area contributed by atoms with E-state index >= 15 is 0 Å². The number of nitrogens with zero attached hydrogens (tertiary/aromatic N) is 1. The van der Waals surface area contributed by atoms with E-state index in [1.54, 1.807) is 13.3 Å². The predicted octanol–water partition coefficient (Wildman–Crippen LogP) is 4.87. The number of hydrazone groups is 1. The lowest BCUT2D eigenvalue weighted by Gasteiger charge is -2.11. The molecule has 0 saturated carbocycles. The van der Waals surface area contributed by atoms with E-state index in [0.29, 0.717) is 23.9 Å². The maximum atomic E-state index is 12.0. The average molecular weight is 435 g/mol. The molecule has 1 N–H and O–H groups in total. The highest BCUT2D eigenvalue weighted by atomic mass is 32.2. The average Bonchev–Trinajstić information content (AvgIpc) is 2.80. The van der Waals surface area contributed by atoms with Crippen molar-refractivity contribution in [3.8, 4) is 11.5 Å². The summed E-state index contributed by atoms with van der Waals surface area (Å²) in [6, 6.07) is 23.8. The highest BCUT2D eigenvalue weighted by molar-refractivity contribution is 8.00. The molecule has 6 heteroatoms. The molecule has 3 aromatic rings. The summed E-state index contributed by atoms with van der Waals surface area (Å²) >= 11 is 1.47. The fraction of sp³-hybridized carbons (Fsp3) is 0.200. The van der Waals surface area contributed by atoms with E-state index in [-0.39, 0.29) is 5.91 Å². The van der Waals surface area contributed by atoms with Gasteiger partial charge in [0.1, 0.15) is 0 Å². The summed E-state index contributed by atoms with van der Waals surface area (Å²) in [6.07, 6.45) is 2.41. The van der Waals surface area contributed by atoms with Crippen LogP contribution >= 0.6 is 11.8 Å². The molecule has 31 heavy (non-hydrogen) atoms. The van der Waals surface area contributed by atoms with E-state index in [1.165, 1.54) is 22.9 Å². The van der Waals surface area contributed by atoms with Gasteiger partial charge in [-0.3, -0.25) is 4.79 Å². The molecular formula is C25H26N2O3S. The second-order valence-corrected chi connectivity index (χ2v) is 7.94. The van der Waals surface area contributed by atoms with Crippen LogP contribution in [0.15, 0.2) is 82.8 Å². The zero-order chi connectivity index (χ0) is 21.9. The molecule has 0 aliphatic carbocycles. The molecule has 0 atom stereocenters. The molecule has 0 radical (unpaired) electrons. The van der Waals surface area contributed by atoms with Crippen molar-refractivity contribution >= 4 is 23.9 Å². The molecule has 0 bridgehead atoms. The maximum Gasteiger partial charge on any atom is 0.250 e. The topological polar surface area (TPSA) is 59.9 Å². The zero-order valence-corrected chi connectivity index (χ0v) is 18.5. The number of hydrogen-bond donors (Lipinski definition) is 1. The number of benzene rings is 3. The van der Waals surface area contributed by atoms with Crippen molar-refractivity contribution < 1.29 is 14.3 Å². The molecule has 0 heterocycles. The van der Waals surface area contributed by atoms with Crippen LogP contribution in [0.1, 0.15) is 16.7 Å². The molecule has 0 spiro atoms. The Morgan fingerprint density at radius 1 is 1.03 bits per heavy atom. The molecule has 0 unspecified atom stereocenters. The number of hydrogen-bond acceptors (Lipinski definition) is 5. The van der Waals surface area contributed by atoms with Gasteiger partial charge >= 0.3 is 0 Å². The van der Waals surface area contributed by atoms with E-state index < -0.39 is 0 Å². The van der Waals surface area contributed by atoms with Gasteiger partial charge in [-0.1, -0.05) is 48.0 Å². The summed E-state index contributed by atoms with van der Waals surface area (Å²) in [4.78, 5) is 13.0. The molecule has 3 rings (SSSR count). The van der Waals surface area contributed by atoms with Crippen molar-refractivity contribution in [2.75, 3.05) is 19.5 Å². The number of carbonyl (C=O) groups is 1. The zero-order valence-electron chi connectivity index (χ0n) is 17.7. The maximum absolute atomic E-state index is 12.0. The SMILES string of the molecule is COc1cc(/C=N/NC(=O)CSc2ccc(C)cc2)ccc1OCCc1ccccc1. The lowest BCUT2D eigenvalue weighted by atomic mass is 10.2. The van der Waals surface area contributed by atoms with Crippen LogP contribution in [0.25, 0.3) is 0 Å². The Morgan fingerprint density at radius 2 is 1.81 bits per heavy atom. The minimum atomic E-state index is -0.158. The lowest BCUT2D eigenvalue weighted by Crippen LogP contribution is -2.19. The minimum absolute atomic E-state index is 0.158. The minimum Gasteiger partial charge on any atom is -0.493 e. The van der Waals surface area contributed by atoms with Gasteiger partial charge < -0.3 is 9.47 Å². The van der Waals surface area contributed by atoms with Crippen molar-refractivity contribution in [2.45, 2.75) is 18.2 Å². The molecule has 0 saturated heterocycles. The summed E-state index contributed by atoms with van der Waals surface area (Å²) < 4.78 is 11.3. The molecule has 0 aliphatic rings. The van der Waals surface area contributed by atoms with Gasteiger partial charge in [0.05, 0.1) is 25.7 Å². The second-order valence-electron chi connectivity index (χ2n) is 6.89. The van der Waals surface area contributed by atoms with Crippen LogP contribution in [0.5, 0.6) is 11.5 Å². The number of methoxy groups -OCH3 is 1. The fourth-order valence-electron chi connectivity index (χ4n) is 2.80. The summed E-state index contributed by atoms with van der Waals surface area (Å²) in [5.74, 6) is 1.44. The first-order chi connectivity index (χ1) is 15.1. The summed E-state index contributed by atoms with van der Waals surface area (Å²) in [5, 5.41) is 4.04. The highest BCUT2D eigenvalue weighted by Crippen LogP contribution is 2.27. The highest BCUT2D eigenvalue weighted by Gasteiger charge is 2.06. The molecule has 1 amide bonds. The fourth-order valence-corrected chi connectivity index (χ4v) is 3.49. The first kappa shape index (κ1) is 22.4. The van der Waals surface area contributed by atoms with Gasteiger partial charge in [0, 0.05) is 11.3 Å². The summed E-state index contributed by atoms with van der Waals surface area (Å²) in [7, 11) is 1.60. The largest absolute Gasteiger partial charge is 0.493 e. The van der Waals surface area contributed by atoms with Gasteiger partial charge in [0.25, 0.3) is 0 Å². The number of nitrogens with one attached hydrogen (secondary N) is 1. The molecule has 0 aliphatic heterocycles. The number of ether oxygens (including phenoxy) is 2. The predicted molar refractivity (Wildman–Crippen MR) is 126 cm³/mol. The monoisotopic (exact) mass is 434 g/mol. The second kappa shape index (κ2) is 11.8. The van der Waals surface area contributed by atoms with Crippen molar-refractivity contribution in [2.24, 2.45) is 5.10 Å². The Balaban J connectivity index is 1.47. The van der Waals surface area contributed by atoms with E-state index in [4.69, 9.17) is 9.47 Å². The molecule has 0 fully saturated rings. The number of thioether (sulfide) groups is 1. The van der Waals surface area contributed by atoms with Gasteiger partial charge in [-0.15, -0.1) is 11.8 Å². The van der Waals surface area contributed by atoms with Crippen LogP contribution in [-0.4, -0.2) is 31.6 Å². The van der Waals surface area contributed by atoms with Crippen molar-refractivity contribution in [3.05, 3.63) is 89.5 Å². The van der Waals surface area contributed by atoms with Crippen LogP contribution in [0.3, 0.4) is 0 Å². The Bertz CT molecular complexity index is 1010. The van der Waals surface area contributed by atoms with E-state index in [0.717, 1.165) is 16.9 Å². The summed E-state index contributed by atoms with van der Waals surface area (Å²) in [6.45, 7) is 2.59. The van der Waals surface area contributed by atoms with Crippen LogP contribution in [-0.2, 0) is 11.2 Å². The van der Waals surface area contributed by atoms with Crippen LogP contribution in [0, 0.1) is 6.92 Å². The summed E-state index contributed by atoms with van der Waals surface area (Å²) in [5.41, 5.74) is 5.78. The quantitative estimate of drug-likeness (QED) is 0.281. The van der Waals surface area contributed by atoms with Crippen LogP contribution < -0.4 is 14.9 Å². The Labute approximate surface area is 187 Å².